The summed E-state index contributed by atoms with van der Waals surface area (Å²) in [5.41, 5.74) is 3.44. The van der Waals surface area contributed by atoms with Crippen LogP contribution in [0, 0.1) is 11.8 Å². The number of nitrogens with zero attached hydrogens (tertiary/aromatic N) is 3. The molecule has 1 heterocycles. The fourth-order valence-electron chi connectivity index (χ4n) is 2.20. The molecule has 4 heteroatoms. The second kappa shape index (κ2) is 7.63. The van der Waals surface area contributed by atoms with Crippen LogP contribution >= 0.6 is 0 Å². The van der Waals surface area contributed by atoms with Crippen molar-refractivity contribution in [3.63, 3.8) is 0 Å². The largest absolute Gasteiger partial charge is 0.395 e. The molecule has 2 aromatic rings. The summed E-state index contributed by atoms with van der Waals surface area (Å²) in [5.74, 6) is 6.02. The van der Waals surface area contributed by atoms with E-state index < -0.39 is 0 Å². The van der Waals surface area contributed by atoms with E-state index in [1.807, 2.05) is 36.3 Å². The van der Waals surface area contributed by atoms with Crippen LogP contribution in [-0.2, 0) is 20.1 Å². The van der Waals surface area contributed by atoms with Gasteiger partial charge in [0.05, 0.1) is 12.8 Å². The lowest BCUT2D eigenvalue weighted by Crippen LogP contribution is -2.16. The van der Waals surface area contributed by atoms with E-state index in [1.165, 1.54) is 11.1 Å². The van der Waals surface area contributed by atoms with Crippen molar-refractivity contribution in [3.8, 4) is 11.8 Å². The summed E-state index contributed by atoms with van der Waals surface area (Å²) < 4.78 is 1.82. The van der Waals surface area contributed by atoms with Gasteiger partial charge in [-0.25, -0.2) is 0 Å². The van der Waals surface area contributed by atoms with Crippen LogP contribution in [0.15, 0.2) is 36.7 Å². The highest BCUT2D eigenvalue weighted by molar-refractivity contribution is 5.37. The number of benzene rings is 1. The predicted molar refractivity (Wildman–Crippen MR) is 83.4 cm³/mol. The molecule has 0 unspecified atom stereocenters. The monoisotopic (exact) mass is 283 g/mol. The third-order valence-electron chi connectivity index (χ3n) is 3.06. The molecule has 0 aliphatic rings. The zero-order valence-corrected chi connectivity index (χ0v) is 12.6. The fourth-order valence-corrected chi connectivity index (χ4v) is 2.20. The van der Waals surface area contributed by atoms with Gasteiger partial charge in [-0.1, -0.05) is 24.0 Å². The van der Waals surface area contributed by atoms with Crippen LogP contribution in [-0.4, -0.2) is 33.4 Å². The zero-order valence-electron chi connectivity index (χ0n) is 12.6. The van der Waals surface area contributed by atoms with E-state index in [9.17, 15) is 0 Å². The number of rotatable bonds is 5. The highest BCUT2D eigenvalue weighted by atomic mass is 16.2. The molecule has 21 heavy (non-hydrogen) atoms. The first-order chi connectivity index (χ1) is 10.2. The second-order valence-corrected chi connectivity index (χ2v) is 5.17. The van der Waals surface area contributed by atoms with E-state index in [-0.39, 0.29) is 6.61 Å². The standard InChI is InChI=1S/C17H21N3O/c1-19(13-17-11-18-20(2)14-17)12-16-8-5-7-15(10-16)6-3-4-9-21/h5,7-8,10-11,14,21H,4,9,12-13H2,1-2H3. The lowest BCUT2D eigenvalue weighted by atomic mass is 10.1. The molecule has 110 valence electrons. The van der Waals surface area contributed by atoms with E-state index in [4.69, 9.17) is 5.11 Å². The molecular weight excluding hydrogens is 262 g/mol. The number of hydrogen-bond acceptors (Lipinski definition) is 3. The van der Waals surface area contributed by atoms with E-state index >= 15 is 0 Å². The summed E-state index contributed by atoms with van der Waals surface area (Å²) in [5, 5.41) is 12.9. The van der Waals surface area contributed by atoms with Crippen molar-refractivity contribution in [3.05, 3.63) is 53.3 Å². The lowest BCUT2D eigenvalue weighted by molar-refractivity contribution is 0.305. The van der Waals surface area contributed by atoms with Gasteiger partial charge >= 0.3 is 0 Å². The Balaban J connectivity index is 1.96. The van der Waals surface area contributed by atoms with Crippen LogP contribution in [0.1, 0.15) is 23.1 Å². The van der Waals surface area contributed by atoms with Crippen molar-refractivity contribution in [2.24, 2.45) is 7.05 Å². The van der Waals surface area contributed by atoms with Crippen molar-refractivity contribution in [2.45, 2.75) is 19.5 Å². The van der Waals surface area contributed by atoms with Gasteiger partial charge in [-0.2, -0.15) is 5.10 Å². The number of aliphatic hydroxyl groups is 1. The molecule has 0 saturated carbocycles. The third-order valence-corrected chi connectivity index (χ3v) is 3.06. The van der Waals surface area contributed by atoms with Gasteiger partial charge in [0.2, 0.25) is 0 Å². The Morgan fingerprint density at radius 2 is 2.10 bits per heavy atom. The van der Waals surface area contributed by atoms with Gasteiger partial charge in [-0.3, -0.25) is 9.58 Å². The number of aliphatic hydroxyl groups excluding tert-OH is 1. The molecule has 2 rings (SSSR count). The van der Waals surface area contributed by atoms with Crippen LogP contribution < -0.4 is 0 Å². The van der Waals surface area contributed by atoms with Crippen LogP contribution in [0.4, 0.5) is 0 Å². The predicted octanol–water partition coefficient (Wildman–Crippen LogP) is 1.79. The highest BCUT2D eigenvalue weighted by Gasteiger charge is 2.04. The first-order valence-electron chi connectivity index (χ1n) is 7.02. The van der Waals surface area contributed by atoms with Crippen molar-refractivity contribution in [2.75, 3.05) is 13.7 Å². The van der Waals surface area contributed by atoms with Crippen LogP contribution in [0.3, 0.4) is 0 Å². The second-order valence-electron chi connectivity index (χ2n) is 5.17. The minimum absolute atomic E-state index is 0.112. The van der Waals surface area contributed by atoms with Crippen molar-refractivity contribution >= 4 is 0 Å². The maximum atomic E-state index is 8.74. The third kappa shape index (κ3) is 5.07. The topological polar surface area (TPSA) is 41.3 Å². The average molecular weight is 283 g/mol. The van der Waals surface area contributed by atoms with Gasteiger partial charge in [0.25, 0.3) is 0 Å². The van der Waals surface area contributed by atoms with Gasteiger partial charge in [0.1, 0.15) is 0 Å². The molecule has 0 amide bonds. The van der Waals surface area contributed by atoms with Crippen LogP contribution in [0.2, 0.25) is 0 Å². The van der Waals surface area contributed by atoms with Gasteiger partial charge in [0, 0.05) is 43.9 Å². The normalized spacial score (nSPS) is 10.5. The maximum absolute atomic E-state index is 8.74. The molecule has 0 bridgehead atoms. The van der Waals surface area contributed by atoms with Crippen molar-refractivity contribution < 1.29 is 5.11 Å². The first-order valence-corrected chi connectivity index (χ1v) is 7.02. The van der Waals surface area contributed by atoms with Gasteiger partial charge in [-0.15, -0.1) is 0 Å². The first kappa shape index (κ1) is 15.3. The summed E-state index contributed by atoms with van der Waals surface area (Å²) in [7, 11) is 4.02. The number of aryl methyl sites for hydroxylation is 1. The molecule has 0 atom stereocenters. The molecule has 4 nitrogen and oxygen atoms in total. The van der Waals surface area contributed by atoms with E-state index in [1.54, 1.807) is 0 Å². The highest BCUT2D eigenvalue weighted by Crippen LogP contribution is 2.09. The molecular formula is C17H21N3O. The van der Waals surface area contributed by atoms with Crippen LogP contribution in [0.25, 0.3) is 0 Å². The fraction of sp³-hybridized carbons (Fsp3) is 0.353. The molecule has 1 N–H and O–H groups in total. The zero-order chi connectivity index (χ0) is 15.1. The Kier molecular flexibility index (Phi) is 5.56. The summed E-state index contributed by atoms with van der Waals surface area (Å²) in [4.78, 5) is 2.25. The minimum atomic E-state index is 0.112. The van der Waals surface area contributed by atoms with E-state index in [0.29, 0.717) is 6.42 Å². The Labute approximate surface area is 126 Å². The van der Waals surface area contributed by atoms with E-state index in [0.717, 1.165) is 18.7 Å². The summed E-state index contributed by atoms with van der Waals surface area (Å²) in [6, 6.07) is 8.23. The Bertz CT molecular complexity index is 637. The smallest absolute Gasteiger partial charge is 0.0540 e. The number of hydrogen-bond donors (Lipinski definition) is 1. The minimum Gasteiger partial charge on any atom is -0.395 e. The van der Waals surface area contributed by atoms with Gasteiger partial charge in [0.15, 0.2) is 0 Å². The Morgan fingerprint density at radius 3 is 2.81 bits per heavy atom. The Morgan fingerprint density at radius 1 is 1.29 bits per heavy atom. The summed E-state index contributed by atoms with van der Waals surface area (Å²) in [6.45, 7) is 1.85. The lowest BCUT2D eigenvalue weighted by Gasteiger charge is -2.15. The summed E-state index contributed by atoms with van der Waals surface area (Å²) >= 11 is 0. The van der Waals surface area contributed by atoms with Crippen molar-refractivity contribution in [1.82, 2.24) is 14.7 Å². The summed E-state index contributed by atoms with van der Waals surface area (Å²) in [6.07, 6.45) is 4.45. The van der Waals surface area contributed by atoms with Crippen molar-refractivity contribution in [1.29, 1.82) is 0 Å². The molecule has 1 aromatic heterocycles. The average Bonchev–Trinajstić information content (AvgIpc) is 2.84. The molecule has 0 saturated heterocycles. The molecule has 0 aliphatic heterocycles. The molecule has 0 spiro atoms. The molecule has 0 fully saturated rings. The maximum Gasteiger partial charge on any atom is 0.0540 e. The molecule has 1 aromatic carbocycles. The SMILES string of the molecule is CN(Cc1cccc(C#CCCO)c1)Cc1cnn(C)c1. The molecule has 0 radical (unpaired) electrons. The van der Waals surface area contributed by atoms with Gasteiger partial charge < -0.3 is 5.11 Å². The van der Waals surface area contributed by atoms with E-state index in [2.05, 4.69) is 41.0 Å². The quantitative estimate of drug-likeness (QED) is 0.851. The van der Waals surface area contributed by atoms with Crippen LogP contribution in [0.5, 0.6) is 0 Å². The number of aromatic nitrogens is 2. The molecule has 0 aliphatic carbocycles. The van der Waals surface area contributed by atoms with Gasteiger partial charge in [-0.05, 0) is 24.7 Å². The Hall–Kier alpha value is -2.09.